The Kier molecular flexibility index (Phi) is 5.43. The van der Waals surface area contributed by atoms with Crippen molar-refractivity contribution >= 4 is 12.0 Å². The predicted octanol–water partition coefficient (Wildman–Crippen LogP) is 0.937. The van der Waals surface area contributed by atoms with E-state index in [4.69, 9.17) is 5.11 Å². The van der Waals surface area contributed by atoms with Crippen LogP contribution in [-0.2, 0) is 4.79 Å². The van der Waals surface area contributed by atoms with E-state index in [1.54, 1.807) is 0 Å². The van der Waals surface area contributed by atoms with E-state index in [0.717, 1.165) is 0 Å². The first-order valence-corrected chi connectivity index (χ1v) is 6.50. The first-order valence-electron chi connectivity index (χ1n) is 6.50. The minimum Gasteiger partial charge on any atom is -0.480 e. The van der Waals surface area contributed by atoms with Crippen LogP contribution in [0.3, 0.4) is 0 Å². The number of carbonyl (C=O) groups excluding carboxylic acids is 1. The Morgan fingerprint density at radius 1 is 1.29 bits per heavy atom. The minimum atomic E-state index is -4.63. The molecule has 1 rings (SSSR count). The molecule has 2 atom stereocenters. The Balaban J connectivity index is 2.79. The monoisotopic (exact) mass is 311 g/mol. The maximum atomic E-state index is 12.5. The van der Waals surface area contributed by atoms with E-state index in [1.807, 2.05) is 25.9 Å². The number of urea groups is 1. The Bertz CT molecular complexity index is 401. The van der Waals surface area contributed by atoms with Crippen LogP contribution in [0.2, 0.25) is 0 Å². The highest BCUT2D eigenvalue weighted by Crippen LogP contribution is 2.23. The zero-order valence-electron chi connectivity index (χ0n) is 12.2. The zero-order chi connectivity index (χ0) is 16.4. The molecule has 122 valence electrons. The molecule has 1 heterocycles. The van der Waals surface area contributed by atoms with Gasteiger partial charge in [0.25, 0.3) is 0 Å². The summed E-state index contributed by atoms with van der Waals surface area (Å²) in [4.78, 5) is 26.3. The van der Waals surface area contributed by atoms with Crippen molar-refractivity contribution in [3.8, 4) is 0 Å². The van der Waals surface area contributed by atoms with Gasteiger partial charge < -0.3 is 19.8 Å². The second-order valence-electron chi connectivity index (χ2n) is 5.56. The fourth-order valence-electron chi connectivity index (χ4n) is 2.55. The number of carbonyl (C=O) groups is 2. The van der Waals surface area contributed by atoms with Crippen LogP contribution in [0, 0.1) is 5.92 Å². The van der Waals surface area contributed by atoms with E-state index in [9.17, 15) is 22.8 Å². The number of amides is 2. The molecule has 1 saturated heterocycles. The molecule has 0 spiro atoms. The molecule has 1 fully saturated rings. The fourth-order valence-corrected chi connectivity index (χ4v) is 2.55. The van der Waals surface area contributed by atoms with E-state index < -0.39 is 31.3 Å². The number of nitrogens with zero attached hydrogens (tertiary/aromatic N) is 3. The summed E-state index contributed by atoms with van der Waals surface area (Å²) in [6.45, 7) is -0.00856. The third-order valence-corrected chi connectivity index (χ3v) is 3.47. The number of hydrogen-bond donors (Lipinski definition) is 1. The maximum absolute atomic E-state index is 12.5. The largest absolute Gasteiger partial charge is 0.480 e. The van der Waals surface area contributed by atoms with Crippen LogP contribution in [0.15, 0.2) is 0 Å². The second kappa shape index (κ2) is 6.50. The Labute approximate surface area is 121 Å². The van der Waals surface area contributed by atoms with Crippen LogP contribution in [0.1, 0.15) is 6.92 Å². The summed E-state index contributed by atoms with van der Waals surface area (Å²) in [5.74, 6) is -1.36. The molecule has 2 amide bonds. The van der Waals surface area contributed by atoms with Gasteiger partial charge >= 0.3 is 18.2 Å². The van der Waals surface area contributed by atoms with Crippen LogP contribution in [-0.4, -0.2) is 84.3 Å². The van der Waals surface area contributed by atoms with Gasteiger partial charge in [-0.2, -0.15) is 13.2 Å². The minimum absolute atomic E-state index is 0.0477. The van der Waals surface area contributed by atoms with Gasteiger partial charge in [0.15, 0.2) is 0 Å². The average Bonchev–Trinajstić information content (AvgIpc) is 2.67. The molecule has 2 unspecified atom stereocenters. The Hall–Kier alpha value is -1.51. The fraction of sp³-hybridized carbons (Fsp3) is 0.833. The summed E-state index contributed by atoms with van der Waals surface area (Å²) >= 11 is 0. The molecule has 9 heteroatoms. The van der Waals surface area contributed by atoms with Gasteiger partial charge in [-0.1, -0.05) is 6.92 Å². The lowest BCUT2D eigenvalue weighted by Gasteiger charge is -2.28. The van der Waals surface area contributed by atoms with Crippen LogP contribution in [0.5, 0.6) is 0 Å². The van der Waals surface area contributed by atoms with Gasteiger partial charge in [-0.25, -0.2) is 4.79 Å². The zero-order valence-corrected chi connectivity index (χ0v) is 12.2. The molecule has 0 bridgehead atoms. The topological polar surface area (TPSA) is 64.1 Å². The third-order valence-electron chi connectivity index (χ3n) is 3.47. The van der Waals surface area contributed by atoms with Crippen molar-refractivity contribution in [2.45, 2.75) is 19.1 Å². The molecule has 6 nitrogen and oxygen atoms in total. The van der Waals surface area contributed by atoms with Crippen molar-refractivity contribution in [3.05, 3.63) is 0 Å². The summed E-state index contributed by atoms with van der Waals surface area (Å²) in [5.41, 5.74) is 0. The third kappa shape index (κ3) is 5.07. The lowest BCUT2D eigenvalue weighted by molar-refractivity contribution is -0.149. The Morgan fingerprint density at radius 3 is 2.24 bits per heavy atom. The first-order chi connectivity index (χ1) is 9.51. The van der Waals surface area contributed by atoms with E-state index >= 15 is 0 Å². The van der Waals surface area contributed by atoms with Crippen LogP contribution >= 0.6 is 0 Å². The summed E-state index contributed by atoms with van der Waals surface area (Å²) in [5, 5.41) is 8.68. The van der Waals surface area contributed by atoms with E-state index in [1.165, 1.54) is 4.90 Å². The van der Waals surface area contributed by atoms with Gasteiger partial charge in [0, 0.05) is 19.1 Å². The SMILES string of the molecule is CC1CN(C(=O)N(CC(=O)O)CC(F)(F)F)CC1N(C)C. The number of alkyl halides is 3. The average molecular weight is 311 g/mol. The molecule has 0 radical (unpaired) electrons. The molecular weight excluding hydrogens is 291 g/mol. The van der Waals surface area contributed by atoms with Crippen molar-refractivity contribution in [2.24, 2.45) is 5.92 Å². The van der Waals surface area contributed by atoms with Crippen LogP contribution in [0.4, 0.5) is 18.0 Å². The molecule has 0 aliphatic carbocycles. The lowest BCUT2D eigenvalue weighted by Crippen LogP contribution is -2.48. The van der Waals surface area contributed by atoms with Gasteiger partial charge in [0.2, 0.25) is 0 Å². The summed E-state index contributed by atoms with van der Waals surface area (Å²) in [6, 6.07) is -0.836. The van der Waals surface area contributed by atoms with Crippen molar-refractivity contribution in [3.63, 3.8) is 0 Å². The standard InChI is InChI=1S/C12H20F3N3O3/c1-8-4-17(5-9(8)16(2)3)11(21)18(6-10(19)20)7-12(13,14)15/h8-9H,4-7H2,1-3H3,(H,19,20). The lowest BCUT2D eigenvalue weighted by atomic mass is 10.1. The van der Waals surface area contributed by atoms with Gasteiger partial charge in [0.1, 0.15) is 13.1 Å². The second-order valence-corrected chi connectivity index (χ2v) is 5.56. The van der Waals surface area contributed by atoms with Gasteiger partial charge in [-0.05, 0) is 20.0 Å². The molecule has 0 aromatic heterocycles. The van der Waals surface area contributed by atoms with E-state index in [2.05, 4.69) is 0 Å². The maximum Gasteiger partial charge on any atom is 0.406 e. The summed E-state index contributed by atoms with van der Waals surface area (Å²) in [6.07, 6.45) is -4.63. The molecule has 0 saturated carbocycles. The summed E-state index contributed by atoms with van der Waals surface area (Å²) < 4.78 is 37.4. The number of carboxylic acid groups (broad SMARTS) is 1. The summed E-state index contributed by atoms with van der Waals surface area (Å²) in [7, 11) is 3.67. The van der Waals surface area contributed by atoms with Gasteiger partial charge in [-0.15, -0.1) is 0 Å². The van der Waals surface area contributed by atoms with Crippen LogP contribution < -0.4 is 0 Å². The molecule has 1 N–H and O–H groups in total. The molecule has 1 aliphatic heterocycles. The molecular formula is C12H20F3N3O3. The number of rotatable bonds is 4. The van der Waals surface area contributed by atoms with Crippen LogP contribution in [0.25, 0.3) is 0 Å². The van der Waals surface area contributed by atoms with Gasteiger partial charge in [0.05, 0.1) is 0 Å². The first kappa shape index (κ1) is 17.5. The number of halogens is 3. The smallest absolute Gasteiger partial charge is 0.406 e. The number of carboxylic acids is 1. The Morgan fingerprint density at radius 2 is 1.86 bits per heavy atom. The number of aliphatic carboxylic acids is 1. The normalized spacial score (nSPS) is 22.7. The number of hydrogen-bond acceptors (Lipinski definition) is 3. The predicted molar refractivity (Wildman–Crippen MR) is 68.9 cm³/mol. The molecule has 21 heavy (non-hydrogen) atoms. The number of likely N-dealkylation sites (N-methyl/N-ethyl adjacent to an activating group) is 1. The molecule has 1 aliphatic rings. The molecule has 0 aromatic carbocycles. The van der Waals surface area contributed by atoms with Crippen molar-refractivity contribution in [1.82, 2.24) is 14.7 Å². The van der Waals surface area contributed by atoms with E-state index in [-0.39, 0.29) is 12.0 Å². The van der Waals surface area contributed by atoms with E-state index in [0.29, 0.717) is 18.0 Å². The van der Waals surface area contributed by atoms with Crippen molar-refractivity contribution in [1.29, 1.82) is 0 Å². The highest BCUT2D eigenvalue weighted by Gasteiger charge is 2.39. The molecule has 0 aromatic rings. The highest BCUT2D eigenvalue weighted by molar-refractivity contribution is 5.80. The highest BCUT2D eigenvalue weighted by atomic mass is 19.4. The van der Waals surface area contributed by atoms with Crippen molar-refractivity contribution in [2.75, 3.05) is 40.3 Å². The quantitative estimate of drug-likeness (QED) is 0.839. The van der Waals surface area contributed by atoms with Gasteiger partial charge in [-0.3, -0.25) is 4.79 Å². The van der Waals surface area contributed by atoms with Crippen molar-refractivity contribution < 1.29 is 27.9 Å². The number of likely N-dealkylation sites (tertiary alicyclic amines) is 1.